The standard InChI is InChI=1S/C23H26N3O2/c24-13-16-26-14-11-18(12-15-26)21(17-26)28-23(27)22(19-7-3-1-4-8-19)25-20-9-5-2-6-10-20/h1-10,18,21-22,25H,11-12,14-17H2/q+1/t18?,21-,22+,26?/m0/s1. The molecule has 0 amide bonds. The summed E-state index contributed by atoms with van der Waals surface area (Å²) in [5.41, 5.74) is 1.77. The first-order valence-corrected chi connectivity index (χ1v) is 9.98. The molecule has 0 saturated carbocycles. The lowest BCUT2D eigenvalue weighted by Gasteiger charge is -2.50. The highest BCUT2D eigenvalue weighted by molar-refractivity contribution is 5.81. The summed E-state index contributed by atoms with van der Waals surface area (Å²) < 4.78 is 6.83. The van der Waals surface area contributed by atoms with Crippen LogP contribution in [0.3, 0.4) is 0 Å². The Morgan fingerprint density at radius 1 is 1.11 bits per heavy atom. The maximum atomic E-state index is 13.2. The normalized spacial score (nSPS) is 26.8. The second kappa shape index (κ2) is 8.04. The van der Waals surface area contributed by atoms with Gasteiger partial charge >= 0.3 is 5.97 Å². The maximum Gasteiger partial charge on any atom is 0.333 e. The number of quaternary nitrogens is 1. The van der Waals surface area contributed by atoms with E-state index < -0.39 is 6.04 Å². The van der Waals surface area contributed by atoms with E-state index in [0.29, 0.717) is 12.5 Å². The first kappa shape index (κ1) is 18.5. The molecule has 3 aliphatic rings. The van der Waals surface area contributed by atoms with Crippen molar-refractivity contribution < 1.29 is 14.0 Å². The van der Waals surface area contributed by atoms with Gasteiger partial charge < -0.3 is 14.5 Å². The van der Waals surface area contributed by atoms with Crippen molar-refractivity contribution >= 4 is 11.7 Å². The van der Waals surface area contributed by atoms with Crippen LogP contribution in [0.5, 0.6) is 0 Å². The summed E-state index contributed by atoms with van der Waals surface area (Å²) in [6.07, 6.45) is 1.95. The number of nitriles is 1. The Hall–Kier alpha value is -2.84. The molecule has 144 valence electrons. The van der Waals surface area contributed by atoms with Gasteiger partial charge in [-0.2, -0.15) is 5.26 Å². The quantitative estimate of drug-likeness (QED) is 0.476. The highest BCUT2D eigenvalue weighted by Gasteiger charge is 2.48. The van der Waals surface area contributed by atoms with Crippen LogP contribution in [-0.2, 0) is 9.53 Å². The lowest BCUT2D eigenvalue weighted by atomic mass is 9.83. The van der Waals surface area contributed by atoms with Crippen LogP contribution in [0.2, 0.25) is 0 Å². The number of benzene rings is 2. The van der Waals surface area contributed by atoms with Crippen LogP contribution in [0.4, 0.5) is 5.69 Å². The molecule has 0 unspecified atom stereocenters. The summed E-state index contributed by atoms with van der Waals surface area (Å²) in [5.74, 6) is 0.166. The molecule has 0 aliphatic carbocycles. The van der Waals surface area contributed by atoms with E-state index in [9.17, 15) is 10.1 Å². The number of piperidine rings is 3. The molecule has 2 aromatic carbocycles. The number of esters is 1. The van der Waals surface area contributed by atoms with Crippen molar-refractivity contribution in [3.8, 4) is 6.07 Å². The van der Waals surface area contributed by atoms with Gasteiger partial charge in [0.25, 0.3) is 0 Å². The maximum absolute atomic E-state index is 13.2. The van der Waals surface area contributed by atoms with Crippen LogP contribution in [0, 0.1) is 17.2 Å². The number of fused-ring (bicyclic) bond motifs is 3. The largest absolute Gasteiger partial charge is 0.454 e. The third-order valence-corrected chi connectivity index (χ3v) is 6.17. The number of nitrogens with one attached hydrogen (secondary N) is 1. The highest BCUT2D eigenvalue weighted by atomic mass is 16.5. The van der Waals surface area contributed by atoms with Crippen LogP contribution in [0.25, 0.3) is 0 Å². The summed E-state index contributed by atoms with van der Waals surface area (Å²) in [6, 6.07) is 21.2. The van der Waals surface area contributed by atoms with Crippen molar-refractivity contribution in [3.05, 3.63) is 66.2 Å². The molecule has 28 heavy (non-hydrogen) atoms. The number of rotatable bonds is 6. The number of para-hydroxylation sites is 1. The van der Waals surface area contributed by atoms with Gasteiger partial charge in [0.15, 0.2) is 18.7 Å². The summed E-state index contributed by atoms with van der Waals surface area (Å²) >= 11 is 0. The van der Waals surface area contributed by atoms with Crippen molar-refractivity contribution in [1.82, 2.24) is 0 Å². The van der Waals surface area contributed by atoms with Gasteiger partial charge in [0.05, 0.1) is 13.1 Å². The minimum absolute atomic E-state index is 0.105. The highest BCUT2D eigenvalue weighted by Crippen LogP contribution is 2.36. The smallest absolute Gasteiger partial charge is 0.333 e. The van der Waals surface area contributed by atoms with Crippen molar-refractivity contribution in [1.29, 1.82) is 5.26 Å². The fraction of sp³-hybridized carbons (Fsp3) is 0.391. The van der Waals surface area contributed by atoms with Gasteiger partial charge in [-0.25, -0.2) is 4.79 Å². The number of carbonyl (C=O) groups excluding carboxylic acids is 1. The number of hydrogen-bond acceptors (Lipinski definition) is 4. The molecule has 1 N–H and O–H groups in total. The first-order chi connectivity index (χ1) is 13.7. The van der Waals surface area contributed by atoms with Crippen LogP contribution in [0.1, 0.15) is 24.4 Å². The second-order valence-corrected chi connectivity index (χ2v) is 7.95. The minimum atomic E-state index is -0.552. The van der Waals surface area contributed by atoms with Gasteiger partial charge in [-0.05, 0) is 17.7 Å². The molecule has 0 aromatic heterocycles. The molecule has 0 radical (unpaired) electrons. The van der Waals surface area contributed by atoms with Gasteiger partial charge in [0, 0.05) is 24.4 Å². The third kappa shape index (κ3) is 3.88. The molecule has 5 rings (SSSR count). The van der Waals surface area contributed by atoms with E-state index in [4.69, 9.17) is 4.74 Å². The van der Waals surface area contributed by atoms with E-state index in [2.05, 4.69) is 11.4 Å². The Morgan fingerprint density at radius 3 is 2.39 bits per heavy atom. The number of nitrogens with zero attached hydrogens (tertiary/aromatic N) is 2. The Bertz CT molecular complexity index is 839. The minimum Gasteiger partial charge on any atom is -0.454 e. The summed E-state index contributed by atoms with van der Waals surface area (Å²) in [5, 5.41) is 12.5. The monoisotopic (exact) mass is 376 g/mol. The molecule has 3 heterocycles. The van der Waals surface area contributed by atoms with E-state index >= 15 is 0 Å². The molecule has 3 saturated heterocycles. The average molecular weight is 376 g/mol. The number of hydrogen-bond donors (Lipinski definition) is 1. The van der Waals surface area contributed by atoms with Gasteiger partial charge in [0.1, 0.15) is 12.6 Å². The predicted molar refractivity (Wildman–Crippen MR) is 107 cm³/mol. The van der Waals surface area contributed by atoms with Crippen molar-refractivity contribution in [2.45, 2.75) is 25.0 Å². The summed E-state index contributed by atoms with van der Waals surface area (Å²) in [6.45, 7) is 3.31. The van der Waals surface area contributed by atoms with Gasteiger partial charge in [-0.1, -0.05) is 48.5 Å². The van der Waals surface area contributed by atoms with E-state index in [-0.39, 0.29) is 12.1 Å². The lowest BCUT2D eigenvalue weighted by Crippen LogP contribution is -2.64. The van der Waals surface area contributed by atoms with Gasteiger partial charge in [-0.15, -0.1) is 0 Å². The van der Waals surface area contributed by atoms with Crippen LogP contribution < -0.4 is 5.32 Å². The fourth-order valence-electron chi connectivity index (χ4n) is 4.57. The SMILES string of the molecule is N#CC[N+]12CCC(CC1)[C@@H](OC(=O)[C@H](Nc1ccccc1)c1ccccc1)C2. The molecule has 5 heteroatoms. The lowest BCUT2D eigenvalue weighted by molar-refractivity contribution is -0.940. The Labute approximate surface area is 166 Å². The van der Waals surface area contributed by atoms with Crippen molar-refractivity contribution in [2.75, 3.05) is 31.5 Å². The van der Waals surface area contributed by atoms with E-state index in [1.807, 2.05) is 60.7 Å². The molecule has 3 aliphatic heterocycles. The summed E-state index contributed by atoms with van der Waals surface area (Å²) in [4.78, 5) is 13.2. The summed E-state index contributed by atoms with van der Waals surface area (Å²) in [7, 11) is 0. The zero-order valence-corrected chi connectivity index (χ0v) is 16.0. The first-order valence-electron chi connectivity index (χ1n) is 9.98. The topological polar surface area (TPSA) is 62.1 Å². The third-order valence-electron chi connectivity index (χ3n) is 6.17. The molecular formula is C23H26N3O2+. The molecule has 0 spiro atoms. The van der Waals surface area contributed by atoms with Crippen molar-refractivity contribution in [2.24, 2.45) is 5.92 Å². The van der Waals surface area contributed by atoms with E-state index in [1.54, 1.807) is 0 Å². The molecule has 2 aromatic rings. The van der Waals surface area contributed by atoms with Crippen molar-refractivity contribution in [3.63, 3.8) is 0 Å². The molecule has 3 fully saturated rings. The van der Waals surface area contributed by atoms with Crippen LogP contribution >= 0.6 is 0 Å². The van der Waals surface area contributed by atoms with Crippen LogP contribution in [0.15, 0.2) is 60.7 Å². The molecule has 2 atom stereocenters. The Kier molecular flexibility index (Phi) is 5.31. The Morgan fingerprint density at radius 2 is 1.75 bits per heavy atom. The van der Waals surface area contributed by atoms with E-state index in [1.165, 1.54) is 0 Å². The average Bonchev–Trinajstić information content (AvgIpc) is 2.74. The fourth-order valence-corrected chi connectivity index (χ4v) is 4.57. The zero-order valence-electron chi connectivity index (χ0n) is 16.0. The van der Waals surface area contributed by atoms with E-state index in [0.717, 1.165) is 48.2 Å². The number of carbonyl (C=O) groups is 1. The molecule has 5 nitrogen and oxygen atoms in total. The van der Waals surface area contributed by atoms with Crippen LogP contribution in [-0.4, -0.2) is 42.7 Å². The van der Waals surface area contributed by atoms with Gasteiger partial charge in [-0.3, -0.25) is 0 Å². The zero-order chi connectivity index (χ0) is 19.4. The second-order valence-electron chi connectivity index (χ2n) is 7.95. The predicted octanol–water partition coefficient (Wildman–Crippen LogP) is 3.52. The number of ether oxygens (including phenoxy) is 1. The Balaban J connectivity index is 1.52. The number of anilines is 1. The molecule has 2 bridgehead atoms. The molecular weight excluding hydrogens is 350 g/mol. The van der Waals surface area contributed by atoms with Gasteiger partial charge in [0.2, 0.25) is 0 Å².